The van der Waals surface area contributed by atoms with E-state index in [0.717, 1.165) is 24.9 Å². The largest absolute Gasteiger partial charge is 0.476 e. The van der Waals surface area contributed by atoms with Crippen molar-refractivity contribution < 1.29 is 9.90 Å². The van der Waals surface area contributed by atoms with Crippen molar-refractivity contribution in [3.8, 4) is 0 Å². The van der Waals surface area contributed by atoms with Crippen molar-refractivity contribution in [2.24, 2.45) is 0 Å². The molecule has 6 heteroatoms. The quantitative estimate of drug-likeness (QED) is 0.620. The summed E-state index contributed by atoms with van der Waals surface area (Å²) >= 11 is 0. The highest BCUT2D eigenvalue weighted by atomic mass is 16.4. The highest BCUT2D eigenvalue weighted by Crippen LogP contribution is 2.33. The number of rotatable bonds is 5. The van der Waals surface area contributed by atoms with Gasteiger partial charge in [0.05, 0.1) is 11.0 Å². The second-order valence-corrected chi connectivity index (χ2v) is 10.1. The zero-order chi connectivity index (χ0) is 23.2. The zero-order valence-electron chi connectivity index (χ0n) is 20.0. The van der Waals surface area contributed by atoms with Crippen molar-refractivity contribution in [3.63, 3.8) is 0 Å². The van der Waals surface area contributed by atoms with Crippen LogP contribution in [0.4, 0.5) is 0 Å². The van der Waals surface area contributed by atoms with Crippen LogP contribution in [0.5, 0.6) is 0 Å². The summed E-state index contributed by atoms with van der Waals surface area (Å²) in [5.41, 5.74) is 0.402. The predicted octanol–water partition coefficient (Wildman–Crippen LogP) is 5.79. The van der Waals surface area contributed by atoms with Crippen molar-refractivity contribution in [3.05, 3.63) is 40.3 Å². The van der Waals surface area contributed by atoms with Gasteiger partial charge in [-0.2, -0.15) is 0 Å². The molecule has 2 aliphatic rings. The first kappa shape index (κ1) is 23.9. The molecule has 0 bridgehead atoms. The summed E-state index contributed by atoms with van der Waals surface area (Å²) in [5.74, 6) is -1.26. The van der Waals surface area contributed by atoms with E-state index >= 15 is 0 Å². The molecule has 2 fully saturated rings. The van der Waals surface area contributed by atoms with E-state index in [1.807, 2.05) is 18.2 Å². The molecule has 4 rings (SSSR count). The monoisotopic (exact) mass is 453 g/mol. The fourth-order valence-corrected chi connectivity index (χ4v) is 5.90. The van der Waals surface area contributed by atoms with E-state index in [0.29, 0.717) is 17.6 Å². The molecule has 0 spiro atoms. The van der Waals surface area contributed by atoms with Gasteiger partial charge in [-0.05, 0) is 44.7 Å². The number of benzene rings is 1. The van der Waals surface area contributed by atoms with Gasteiger partial charge in [0.25, 0.3) is 5.56 Å². The molecule has 2 aromatic rings. The number of fused-ring (bicyclic) bond motifs is 1. The first-order valence-corrected chi connectivity index (χ1v) is 13.1. The van der Waals surface area contributed by atoms with E-state index in [1.165, 1.54) is 70.6 Å². The fraction of sp³-hybridized carbons (Fsp3) is 0.667. The van der Waals surface area contributed by atoms with Crippen LogP contribution in [-0.4, -0.2) is 44.2 Å². The smallest absolute Gasteiger partial charge is 0.360 e. The third kappa shape index (κ3) is 5.65. The van der Waals surface area contributed by atoms with Gasteiger partial charge in [0.15, 0.2) is 0 Å². The predicted molar refractivity (Wildman–Crippen MR) is 132 cm³/mol. The molecule has 1 saturated carbocycles. The van der Waals surface area contributed by atoms with E-state index in [-0.39, 0.29) is 11.7 Å². The van der Waals surface area contributed by atoms with E-state index in [9.17, 15) is 14.7 Å². The first-order chi connectivity index (χ1) is 16.1. The minimum Gasteiger partial charge on any atom is -0.476 e. The maximum Gasteiger partial charge on any atom is 0.360 e. The van der Waals surface area contributed by atoms with Crippen LogP contribution in [0.2, 0.25) is 0 Å². The van der Waals surface area contributed by atoms with E-state index < -0.39 is 11.5 Å². The maximum atomic E-state index is 13.1. The molecule has 2 unspecified atom stereocenters. The summed E-state index contributed by atoms with van der Waals surface area (Å²) in [7, 11) is 0. The Labute approximate surface area is 197 Å². The molecule has 0 amide bonds. The minimum absolute atomic E-state index is 0.0810. The van der Waals surface area contributed by atoms with Crippen LogP contribution in [0.15, 0.2) is 29.1 Å². The zero-order valence-corrected chi connectivity index (χ0v) is 20.0. The number of carboxylic acid groups (broad SMARTS) is 1. The first-order valence-electron chi connectivity index (χ1n) is 13.1. The molecule has 33 heavy (non-hydrogen) atoms. The van der Waals surface area contributed by atoms with Crippen LogP contribution in [-0.2, 0) is 0 Å². The number of hydrogen-bond acceptors (Lipinski definition) is 4. The summed E-state index contributed by atoms with van der Waals surface area (Å²) in [6.45, 7) is 3.20. The van der Waals surface area contributed by atoms with Crippen LogP contribution in [0.1, 0.15) is 107 Å². The van der Waals surface area contributed by atoms with Crippen molar-refractivity contribution in [1.29, 1.82) is 0 Å². The van der Waals surface area contributed by atoms with Gasteiger partial charge in [0, 0.05) is 24.7 Å². The molecule has 180 valence electrons. The molecule has 1 aromatic heterocycles. The number of aromatic carboxylic acids is 1. The molecule has 1 aliphatic carbocycles. The summed E-state index contributed by atoms with van der Waals surface area (Å²) in [4.78, 5) is 31.5. The standard InChI is InChI=1S/C27H39N3O3/c1-20(30-24-16-12-11-15-23(24)28-25(26(30)31)27(32)33)19-22-17-18-29(22)21-13-9-7-5-3-2-4-6-8-10-14-21/h11-12,15-16,20-22H,2-10,13-14,17-19H2,1H3,(H,32,33). The molecule has 1 N–H and O–H groups in total. The Kier molecular flexibility index (Phi) is 8.18. The van der Waals surface area contributed by atoms with Crippen LogP contribution >= 0.6 is 0 Å². The topological polar surface area (TPSA) is 75.4 Å². The highest BCUT2D eigenvalue weighted by molar-refractivity contribution is 5.88. The van der Waals surface area contributed by atoms with Gasteiger partial charge < -0.3 is 9.67 Å². The molecule has 6 nitrogen and oxygen atoms in total. The Morgan fingerprint density at radius 2 is 1.61 bits per heavy atom. The molecule has 2 heterocycles. The Bertz CT molecular complexity index is 990. The molecule has 1 aliphatic heterocycles. The number of nitrogens with zero attached hydrogens (tertiary/aromatic N) is 3. The number of aromatic nitrogens is 2. The Morgan fingerprint density at radius 3 is 2.18 bits per heavy atom. The number of para-hydroxylation sites is 2. The Hall–Kier alpha value is -2.21. The van der Waals surface area contributed by atoms with E-state index in [1.54, 1.807) is 10.6 Å². The second kappa shape index (κ2) is 11.3. The van der Waals surface area contributed by atoms with Crippen molar-refractivity contribution in [2.75, 3.05) is 6.54 Å². The van der Waals surface area contributed by atoms with Gasteiger partial charge in [-0.25, -0.2) is 9.78 Å². The van der Waals surface area contributed by atoms with Crippen molar-refractivity contribution in [1.82, 2.24) is 14.5 Å². The number of hydrogen-bond donors (Lipinski definition) is 1. The van der Waals surface area contributed by atoms with Crippen molar-refractivity contribution >= 4 is 17.0 Å². The summed E-state index contributed by atoms with van der Waals surface area (Å²) in [5, 5.41) is 9.53. The highest BCUT2D eigenvalue weighted by Gasteiger charge is 2.35. The average Bonchev–Trinajstić information content (AvgIpc) is 2.77. The third-order valence-corrected chi connectivity index (χ3v) is 7.78. The van der Waals surface area contributed by atoms with E-state index in [2.05, 4.69) is 16.8 Å². The van der Waals surface area contributed by atoms with Gasteiger partial charge in [-0.1, -0.05) is 69.9 Å². The average molecular weight is 454 g/mol. The summed E-state index contributed by atoms with van der Waals surface area (Å²) in [6, 6.07) is 8.40. The summed E-state index contributed by atoms with van der Waals surface area (Å²) in [6.07, 6.45) is 16.9. The number of carbonyl (C=O) groups is 1. The van der Waals surface area contributed by atoms with E-state index in [4.69, 9.17) is 0 Å². The lowest BCUT2D eigenvalue weighted by Gasteiger charge is -2.47. The lowest BCUT2D eigenvalue weighted by molar-refractivity contribution is 0.0185. The lowest BCUT2D eigenvalue weighted by Crippen LogP contribution is -2.54. The van der Waals surface area contributed by atoms with Crippen LogP contribution in [0.25, 0.3) is 11.0 Å². The molecular weight excluding hydrogens is 414 g/mol. The molecular formula is C27H39N3O3. The van der Waals surface area contributed by atoms with Gasteiger partial charge in [0.2, 0.25) is 5.69 Å². The normalized spacial score (nSPS) is 22.8. The number of likely N-dealkylation sites (tertiary alicyclic amines) is 1. The van der Waals surface area contributed by atoms with Gasteiger partial charge in [-0.15, -0.1) is 0 Å². The molecule has 2 atom stereocenters. The van der Waals surface area contributed by atoms with Gasteiger partial charge >= 0.3 is 5.97 Å². The third-order valence-electron chi connectivity index (χ3n) is 7.78. The second-order valence-electron chi connectivity index (χ2n) is 10.1. The fourth-order valence-electron chi connectivity index (χ4n) is 5.90. The van der Waals surface area contributed by atoms with Gasteiger partial charge in [-0.3, -0.25) is 9.69 Å². The minimum atomic E-state index is -1.26. The van der Waals surface area contributed by atoms with Crippen LogP contribution in [0, 0.1) is 0 Å². The van der Waals surface area contributed by atoms with Crippen LogP contribution < -0.4 is 5.56 Å². The van der Waals surface area contributed by atoms with Crippen LogP contribution in [0.3, 0.4) is 0 Å². The number of carboxylic acids is 1. The summed E-state index contributed by atoms with van der Waals surface area (Å²) < 4.78 is 1.67. The molecule has 1 aromatic carbocycles. The SMILES string of the molecule is CC(CC1CCN1C1CCCCCCCCCCC1)n1c(=O)c(C(=O)O)nc2ccccc21. The maximum absolute atomic E-state index is 13.1. The molecule has 0 radical (unpaired) electrons. The lowest BCUT2D eigenvalue weighted by atomic mass is 9.89. The molecule has 1 saturated heterocycles. The Balaban J connectivity index is 1.49. The Morgan fingerprint density at radius 1 is 1.00 bits per heavy atom. The van der Waals surface area contributed by atoms with Crippen molar-refractivity contribution in [2.45, 2.75) is 109 Å². The van der Waals surface area contributed by atoms with Gasteiger partial charge in [0.1, 0.15) is 0 Å².